The molecule has 5 rings (SSSR count). The minimum Gasteiger partial charge on any atom is -0.505 e. The Balaban J connectivity index is 1.81. The molecule has 0 saturated carbocycles. The van der Waals surface area contributed by atoms with Crippen molar-refractivity contribution in [3.63, 3.8) is 0 Å². The number of hydrogen-bond acceptors (Lipinski definition) is 6. The lowest BCUT2D eigenvalue weighted by Gasteiger charge is -2.16. The van der Waals surface area contributed by atoms with E-state index in [0.29, 0.717) is 17.1 Å². The molecule has 3 aromatic carbocycles. The van der Waals surface area contributed by atoms with Gasteiger partial charge < -0.3 is 14.3 Å². The molecule has 2 heterocycles. The van der Waals surface area contributed by atoms with Crippen molar-refractivity contribution in [3.05, 3.63) is 112 Å². The lowest BCUT2D eigenvalue weighted by Crippen LogP contribution is -2.21. The van der Waals surface area contributed by atoms with E-state index in [2.05, 4.69) is 0 Å². The number of fused-ring (bicyclic) bond motifs is 1. The largest absolute Gasteiger partial charge is 0.505 e. The van der Waals surface area contributed by atoms with Crippen LogP contribution in [0.3, 0.4) is 0 Å². The first kappa shape index (κ1) is 21.6. The van der Waals surface area contributed by atoms with Crippen molar-refractivity contribution in [2.75, 3.05) is 7.11 Å². The SMILES string of the molecule is COc1ccc(-n2c(-c3ccccc3)cc3oc(=O)c(Sc4ccccc4)c(O)c3c2=O)cc1. The summed E-state index contributed by atoms with van der Waals surface area (Å²) < 4.78 is 12.3. The van der Waals surface area contributed by atoms with Gasteiger partial charge in [-0.05, 0) is 42.0 Å². The number of hydrogen-bond donors (Lipinski definition) is 1. The van der Waals surface area contributed by atoms with Crippen molar-refractivity contribution in [2.45, 2.75) is 9.79 Å². The standard InChI is InChI=1S/C27H19NO5S/c1-32-19-14-12-18(13-15-19)28-21(17-8-4-2-5-9-17)16-22-23(26(28)30)24(29)25(27(31)33-22)34-20-10-6-3-7-11-20/h2-16,29H,1H3. The van der Waals surface area contributed by atoms with Gasteiger partial charge in [0.15, 0.2) is 5.75 Å². The fraction of sp³-hybridized carbons (Fsp3) is 0.0370. The van der Waals surface area contributed by atoms with E-state index in [1.54, 1.807) is 37.4 Å². The lowest BCUT2D eigenvalue weighted by atomic mass is 10.1. The molecule has 0 aliphatic carbocycles. The van der Waals surface area contributed by atoms with Crippen LogP contribution >= 0.6 is 11.8 Å². The monoisotopic (exact) mass is 469 g/mol. The van der Waals surface area contributed by atoms with Crippen molar-refractivity contribution in [1.82, 2.24) is 4.57 Å². The first-order valence-electron chi connectivity index (χ1n) is 10.5. The van der Waals surface area contributed by atoms with E-state index in [1.165, 1.54) is 4.57 Å². The molecule has 5 aromatic rings. The quantitative estimate of drug-likeness (QED) is 0.367. The summed E-state index contributed by atoms with van der Waals surface area (Å²) in [7, 11) is 1.57. The van der Waals surface area contributed by atoms with E-state index in [1.807, 2.05) is 60.7 Å². The van der Waals surface area contributed by atoms with Crippen LogP contribution in [0.1, 0.15) is 0 Å². The Bertz CT molecular complexity index is 1590. The summed E-state index contributed by atoms with van der Waals surface area (Å²) in [6.45, 7) is 0. The van der Waals surface area contributed by atoms with Gasteiger partial charge in [-0.25, -0.2) is 4.79 Å². The summed E-state index contributed by atoms with van der Waals surface area (Å²) in [4.78, 5) is 27.3. The Morgan fingerprint density at radius 3 is 2.18 bits per heavy atom. The van der Waals surface area contributed by atoms with Crippen molar-refractivity contribution in [1.29, 1.82) is 0 Å². The third-order valence-electron chi connectivity index (χ3n) is 5.38. The van der Waals surface area contributed by atoms with E-state index in [-0.39, 0.29) is 15.9 Å². The molecule has 0 amide bonds. The number of nitrogens with zero attached hydrogens (tertiary/aromatic N) is 1. The third kappa shape index (κ3) is 3.86. The van der Waals surface area contributed by atoms with Gasteiger partial charge in [0.25, 0.3) is 5.56 Å². The van der Waals surface area contributed by atoms with Crippen LogP contribution in [0.5, 0.6) is 11.5 Å². The second kappa shape index (κ2) is 8.96. The summed E-state index contributed by atoms with van der Waals surface area (Å²) >= 11 is 1.05. The zero-order valence-corrected chi connectivity index (χ0v) is 18.9. The maximum absolute atomic E-state index is 13.8. The van der Waals surface area contributed by atoms with E-state index >= 15 is 0 Å². The average Bonchev–Trinajstić information content (AvgIpc) is 2.87. The normalized spacial score (nSPS) is 11.0. The van der Waals surface area contributed by atoms with Gasteiger partial charge in [0.05, 0.1) is 12.8 Å². The van der Waals surface area contributed by atoms with E-state index in [4.69, 9.17) is 9.15 Å². The zero-order chi connectivity index (χ0) is 23.7. The van der Waals surface area contributed by atoms with Gasteiger partial charge in [-0.3, -0.25) is 9.36 Å². The second-order valence-corrected chi connectivity index (χ2v) is 8.54. The Morgan fingerprint density at radius 1 is 0.882 bits per heavy atom. The molecule has 0 radical (unpaired) electrons. The van der Waals surface area contributed by atoms with Gasteiger partial charge in [-0.1, -0.05) is 60.3 Å². The highest BCUT2D eigenvalue weighted by molar-refractivity contribution is 7.99. The molecule has 0 aliphatic rings. The molecule has 0 aliphatic heterocycles. The highest BCUT2D eigenvalue weighted by Gasteiger charge is 2.22. The number of aromatic nitrogens is 1. The van der Waals surface area contributed by atoms with Crippen LogP contribution in [0.4, 0.5) is 0 Å². The van der Waals surface area contributed by atoms with Crippen molar-refractivity contribution in [3.8, 4) is 28.4 Å². The van der Waals surface area contributed by atoms with Crippen LogP contribution in [0.25, 0.3) is 27.9 Å². The van der Waals surface area contributed by atoms with Gasteiger partial charge in [0.2, 0.25) is 0 Å². The van der Waals surface area contributed by atoms with Crippen LogP contribution in [-0.4, -0.2) is 16.8 Å². The molecule has 0 fully saturated rings. The Hall–Kier alpha value is -4.23. The summed E-state index contributed by atoms with van der Waals surface area (Å²) in [6, 6.07) is 27.0. The number of rotatable bonds is 5. The Kier molecular flexibility index (Phi) is 5.69. The fourth-order valence-corrected chi connectivity index (χ4v) is 4.60. The van der Waals surface area contributed by atoms with E-state index in [0.717, 1.165) is 22.2 Å². The summed E-state index contributed by atoms with van der Waals surface area (Å²) in [5.74, 6) is 0.251. The molecule has 7 heteroatoms. The van der Waals surface area contributed by atoms with Gasteiger partial charge in [-0.15, -0.1) is 0 Å². The summed E-state index contributed by atoms with van der Waals surface area (Å²) in [6.07, 6.45) is 0. The molecule has 0 bridgehead atoms. The molecule has 168 valence electrons. The zero-order valence-electron chi connectivity index (χ0n) is 18.1. The first-order valence-corrected chi connectivity index (χ1v) is 11.3. The van der Waals surface area contributed by atoms with Crippen LogP contribution in [0.2, 0.25) is 0 Å². The molecule has 6 nitrogen and oxygen atoms in total. The van der Waals surface area contributed by atoms with Crippen LogP contribution < -0.4 is 15.9 Å². The van der Waals surface area contributed by atoms with Gasteiger partial charge in [0, 0.05) is 16.6 Å². The molecular formula is C27H19NO5S. The number of pyridine rings is 1. The minimum atomic E-state index is -0.709. The number of ether oxygens (including phenoxy) is 1. The van der Waals surface area contributed by atoms with Crippen molar-refractivity contribution >= 4 is 22.7 Å². The maximum Gasteiger partial charge on any atom is 0.354 e. The molecule has 0 spiro atoms. The maximum atomic E-state index is 13.8. The Morgan fingerprint density at radius 2 is 1.53 bits per heavy atom. The molecule has 34 heavy (non-hydrogen) atoms. The molecule has 0 unspecified atom stereocenters. The summed E-state index contributed by atoms with van der Waals surface area (Å²) in [5.41, 5.74) is 0.663. The first-order chi connectivity index (χ1) is 16.6. The second-order valence-electron chi connectivity index (χ2n) is 7.46. The van der Waals surface area contributed by atoms with Crippen LogP contribution in [-0.2, 0) is 0 Å². The van der Waals surface area contributed by atoms with Crippen molar-refractivity contribution in [2.24, 2.45) is 0 Å². The number of methoxy groups -OCH3 is 1. The summed E-state index contributed by atoms with van der Waals surface area (Å²) in [5, 5.41) is 11.0. The lowest BCUT2D eigenvalue weighted by molar-refractivity contribution is 0.414. The molecule has 1 N–H and O–H groups in total. The predicted octanol–water partition coefficient (Wildman–Crippen LogP) is 5.48. The molecule has 0 atom stereocenters. The highest BCUT2D eigenvalue weighted by Crippen LogP contribution is 2.36. The van der Waals surface area contributed by atoms with Crippen molar-refractivity contribution < 1.29 is 14.3 Å². The molecule has 0 saturated heterocycles. The van der Waals surface area contributed by atoms with E-state index < -0.39 is 16.9 Å². The van der Waals surface area contributed by atoms with Gasteiger partial charge in [0.1, 0.15) is 21.6 Å². The van der Waals surface area contributed by atoms with E-state index in [9.17, 15) is 14.7 Å². The molecule has 2 aromatic heterocycles. The fourth-order valence-electron chi connectivity index (χ4n) is 3.75. The smallest absolute Gasteiger partial charge is 0.354 e. The average molecular weight is 470 g/mol. The third-order valence-corrected chi connectivity index (χ3v) is 6.45. The van der Waals surface area contributed by atoms with Crippen LogP contribution in [0, 0.1) is 0 Å². The topological polar surface area (TPSA) is 81.7 Å². The predicted molar refractivity (Wildman–Crippen MR) is 132 cm³/mol. The highest BCUT2D eigenvalue weighted by atomic mass is 32.2. The van der Waals surface area contributed by atoms with Crippen LogP contribution in [0.15, 0.2) is 115 Å². The molecular weight excluding hydrogens is 450 g/mol. The number of aromatic hydroxyl groups is 1. The Labute approximate surface area is 198 Å². The van der Waals surface area contributed by atoms with Gasteiger partial charge >= 0.3 is 5.63 Å². The minimum absolute atomic E-state index is 0.0218. The number of benzene rings is 3. The van der Waals surface area contributed by atoms with Gasteiger partial charge in [-0.2, -0.15) is 0 Å².